The summed E-state index contributed by atoms with van der Waals surface area (Å²) in [6.07, 6.45) is 3.55. The van der Waals surface area contributed by atoms with Gasteiger partial charge in [-0.15, -0.1) is 0 Å². The monoisotopic (exact) mass is 295 g/mol. The number of para-hydroxylation sites is 1. The molecule has 1 aromatic heterocycles. The van der Waals surface area contributed by atoms with E-state index in [9.17, 15) is 9.59 Å². The van der Waals surface area contributed by atoms with Crippen LogP contribution < -0.4 is 4.90 Å². The lowest BCUT2D eigenvalue weighted by Gasteiger charge is -2.22. The number of hydrogen-bond donors (Lipinski definition) is 0. The topological polar surface area (TPSA) is 53.5 Å². The smallest absolute Gasteiger partial charge is 0.254 e. The lowest BCUT2D eigenvalue weighted by Crippen LogP contribution is -2.35. The van der Waals surface area contributed by atoms with E-state index in [1.165, 1.54) is 0 Å². The van der Waals surface area contributed by atoms with Crippen molar-refractivity contribution in [3.63, 3.8) is 0 Å². The number of benzene rings is 1. The Morgan fingerprint density at radius 1 is 0.955 bits per heavy atom. The molecule has 0 aliphatic carbocycles. The Kier molecular flexibility index (Phi) is 4.14. The molecular weight excluding hydrogens is 278 g/mol. The Hall–Kier alpha value is -2.69. The normalized spacial score (nSPS) is 15.5. The van der Waals surface area contributed by atoms with Gasteiger partial charge in [-0.1, -0.05) is 18.2 Å². The van der Waals surface area contributed by atoms with E-state index in [0.29, 0.717) is 31.6 Å². The highest BCUT2D eigenvalue weighted by Gasteiger charge is 2.25. The lowest BCUT2D eigenvalue weighted by atomic mass is 10.2. The first-order chi connectivity index (χ1) is 10.8. The minimum Gasteiger partial charge on any atom is -0.336 e. The number of rotatable bonds is 2. The van der Waals surface area contributed by atoms with Crippen LogP contribution in [0, 0.1) is 0 Å². The van der Waals surface area contributed by atoms with E-state index < -0.39 is 0 Å². The number of carbonyl (C=O) groups is 2. The molecule has 22 heavy (non-hydrogen) atoms. The first-order valence-corrected chi connectivity index (χ1v) is 7.30. The maximum absolute atomic E-state index is 12.5. The number of amides is 2. The number of carbonyl (C=O) groups excluding carboxylic acids is 2. The fourth-order valence-corrected chi connectivity index (χ4v) is 2.58. The van der Waals surface area contributed by atoms with Gasteiger partial charge in [0.2, 0.25) is 5.91 Å². The highest BCUT2D eigenvalue weighted by Crippen LogP contribution is 2.17. The van der Waals surface area contributed by atoms with Gasteiger partial charge in [-0.3, -0.25) is 14.6 Å². The predicted molar refractivity (Wildman–Crippen MR) is 83.6 cm³/mol. The number of anilines is 1. The van der Waals surface area contributed by atoms with Gasteiger partial charge in [0.25, 0.3) is 5.91 Å². The van der Waals surface area contributed by atoms with Crippen LogP contribution in [0.4, 0.5) is 5.69 Å². The van der Waals surface area contributed by atoms with Crippen molar-refractivity contribution in [3.8, 4) is 0 Å². The summed E-state index contributed by atoms with van der Waals surface area (Å²) in [5, 5.41) is 0. The lowest BCUT2D eigenvalue weighted by molar-refractivity contribution is -0.118. The maximum Gasteiger partial charge on any atom is 0.254 e. The molecule has 0 radical (unpaired) electrons. The van der Waals surface area contributed by atoms with Crippen molar-refractivity contribution in [2.75, 3.05) is 24.5 Å². The van der Waals surface area contributed by atoms with E-state index in [2.05, 4.69) is 4.98 Å². The molecule has 1 aliphatic rings. The van der Waals surface area contributed by atoms with Gasteiger partial charge in [-0.05, 0) is 24.3 Å². The van der Waals surface area contributed by atoms with E-state index in [4.69, 9.17) is 0 Å². The molecule has 1 saturated heterocycles. The van der Waals surface area contributed by atoms with Crippen LogP contribution in [0.1, 0.15) is 16.8 Å². The van der Waals surface area contributed by atoms with Crippen LogP contribution in [0.3, 0.4) is 0 Å². The highest BCUT2D eigenvalue weighted by molar-refractivity contribution is 5.97. The Morgan fingerprint density at radius 2 is 1.68 bits per heavy atom. The van der Waals surface area contributed by atoms with Gasteiger partial charge in [-0.2, -0.15) is 0 Å². The number of aromatic nitrogens is 1. The highest BCUT2D eigenvalue weighted by atomic mass is 16.2. The second kappa shape index (κ2) is 6.39. The van der Waals surface area contributed by atoms with Gasteiger partial charge in [0.1, 0.15) is 0 Å². The van der Waals surface area contributed by atoms with E-state index in [-0.39, 0.29) is 11.8 Å². The second-order valence-corrected chi connectivity index (χ2v) is 5.16. The van der Waals surface area contributed by atoms with Crippen molar-refractivity contribution in [3.05, 3.63) is 60.4 Å². The molecule has 2 aromatic rings. The Labute approximate surface area is 129 Å². The summed E-state index contributed by atoms with van der Waals surface area (Å²) < 4.78 is 0. The van der Waals surface area contributed by atoms with Crippen molar-refractivity contribution in [2.24, 2.45) is 0 Å². The van der Waals surface area contributed by atoms with Gasteiger partial charge in [0.05, 0.1) is 0 Å². The molecule has 0 unspecified atom stereocenters. The van der Waals surface area contributed by atoms with Crippen LogP contribution >= 0.6 is 0 Å². The fraction of sp³-hybridized carbons (Fsp3) is 0.235. The molecule has 112 valence electrons. The average molecular weight is 295 g/mol. The van der Waals surface area contributed by atoms with Crippen molar-refractivity contribution in [2.45, 2.75) is 6.42 Å². The molecular formula is C17H17N3O2. The molecule has 2 heterocycles. The Balaban J connectivity index is 1.74. The summed E-state index contributed by atoms with van der Waals surface area (Å²) in [6, 6.07) is 13.0. The Bertz CT molecular complexity index is 658. The molecule has 0 spiro atoms. The molecule has 0 bridgehead atoms. The minimum absolute atomic E-state index is 0.0508. The van der Waals surface area contributed by atoms with Crippen LogP contribution in [0.5, 0.6) is 0 Å². The van der Waals surface area contributed by atoms with Crippen LogP contribution in [-0.2, 0) is 4.79 Å². The quantitative estimate of drug-likeness (QED) is 0.851. The molecule has 2 amide bonds. The molecule has 3 rings (SSSR count). The number of hydrogen-bond acceptors (Lipinski definition) is 3. The second-order valence-electron chi connectivity index (χ2n) is 5.16. The Morgan fingerprint density at radius 3 is 2.41 bits per heavy atom. The number of nitrogens with zero attached hydrogens (tertiary/aromatic N) is 3. The minimum atomic E-state index is -0.0508. The maximum atomic E-state index is 12.5. The van der Waals surface area contributed by atoms with Crippen molar-refractivity contribution >= 4 is 17.5 Å². The first-order valence-electron chi connectivity index (χ1n) is 7.30. The zero-order chi connectivity index (χ0) is 15.4. The first kappa shape index (κ1) is 14.3. The third-order valence-corrected chi connectivity index (χ3v) is 3.77. The van der Waals surface area contributed by atoms with Crippen molar-refractivity contribution in [1.29, 1.82) is 0 Å². The molecule has 5 heteroatoms. The zero-order valence-electron chi connectivity index (χ0n) is 12.2. The van der Waals surface area contributed by atoms with Crippen LogP contribution in [0.25, 0.3) is 0 Å². The van der Waals surface area contributed by atoms with E-state index in [1.54, 1.807) is 34.3 Å². The predicted octanol–water partition coefficient (Wildman–Crippen LogP) is 1.96. The summed E-state index contributed by atoms with van der Waals surface area (Å²) in [4.78, 5) is 32.2. The van der Waals surface area contributed by atoms with Gasteiger partial charge in [0, 0.05) is 49.7 Å². The molecule has 1 aromatic carbocycles. The van der Waals surface area contributed by atoms with Crippen LogP contribution in [0.15, 0.2) is 54.9 Å². The van der Waals surface area contributed by atoms with Crippen LogP contribution in [0.2, 0.25) is 0 Å². The van der Waals surface area contributed by atoms with E-state index in [1.807, 2.05) is 30.3 Å². The van der Waals surface area contributed by atoms with Crippen molar-refractivity contribution in [1.82, 2.24) is 9.88 Å². The molecule has 5 nitrogen and oxygen atoms in total. The molecule has 0 atom stereocenters. The average Bonchev–Trinajstić information content (AvgIpc) is 2.78. The molecule has 0 saturated carbocycles. The number of pyridine rings is 1. The zero-order valence-corrected chi connectivity index (χ0v) is 12.2. The summed E-state index contributed by atoms with van der Waals surface area (Å²) >= 11 is 0. The third-order valence-electron chi connectivity index (χ3n) is 3.77. The third kappa shape index (κ3) is 2.98. The standard InChI is InChI=1S/C17H17N3O2/c21-16-8-11-19(17(22)14-6-9-18-10-7-14)12-13-20(16)15-4-2-1-3-5-15/h1-7,9-10H,8,11-13H2. The summed E-state index contributed by atoms with van der Waals surface area (Å²) in [5.74, 6) is 0.00124. The molecule has 0 N–H and O–H groups in total. The van der Waals surface area contributed by atoms with E-state index >= 15 is 0 Å². The van der Waals surface area contributed by atoms with Gasteiger partial charge < -0.3 is 9.80 Å². The SMILES string of the molecule is O=C(c1ccncc1)N1CCC(=O)N(c2ccccc2)CC1. The van der Waals surface area contributed by atoms with Crippen molar-refractivity contribution < 1.29 is 9.59 Å². The van der Waals surface area contributed by atoms with Gasteiger partial charge >= 0.3 is 0 Å². The molecule has 1 aliphatic heterocycles. The van der Waals surface area contributed by atoms with Gasteiger partial charge in [0.15, 0.2) is 0 Å². The van der Waals surface area contributed by atoms with E-state index in [0.717, 1.165) is 5.69 Å². The summed E-state index contributed by atoms with van der Waals surface area (Å²) in [5.41, 5.74) is 1.49. The summed E-state index contributed by atoms with van der Waals surface area (Å²) in [6.45, 7) is 1.49. The molecule has 1 fully saturated rings. The summed E-state index contributed by atoms with van der Waals surface area (Å²) in [7, 11) is 0. The van der Waals surface area contributed by atoms with Gasteiger partial charge in [-0.25, -0.2) is 0 Å². The largest absolute Gasteiger partial charge is 0.336 e. The van der Waals surface area contributed by atoms with Crippen LogP contribution in [-0.4, -0.2) is 41.3 Å². The fourth-order valence-electron chi connectivity index (χ4n) is 2.58.